The van der Waals surface area contributed by atoms with Crippen molar-refractivity contribution in [2.45, 2.75) is 39.7 Å². The van der Waals surface area contributed by atoms with E-state index in [1.54, 1.807) is 0 Å². The lowest BCUT2D eigenvalue weighted by molar-refractivity contribution is -0.131. The number of benzene rings is 1. The van der Waals surface area contributed by atoms with Gasteiger partial charge in [-0.1, -0.05) is 44.2 Å². The summed E-state index contributed by atoms with van der Waals surface area (Å²) in [5.74, 6) is 0.0235. The van der Waals surface area contributed by atoms with E-state index in [9.17, 15) is 13.2 Å². The Morgan fingerprint density at radius 2 is 1.57 bits per heavy atom. The third kappa shape index (κ3) is 7.14. The number of sulfonamides is 1. The van der Waals surface area contributed by atoms with Crippen LogP contribution in [0.5, 0.6) is 0 Å². The molecule has 23 heavy (non-hydrogen) atoms. The fourth-order valence-corrected chi connectivity index (χ4v) is 3.24. The van der Waals surface area contributed by atoms with E-state index in [1.165, 1.54) is 10.6 Å². The molecule has 1 aromatic rings. The van der Waals surface area contributed by atoms with Gasteiger partial charge in [0.1, 0.15) is 0 Å². The Labute approximate surface area is 140 Å². The van der Waals surface area contributed by atoms with Crippen molar-refractivity contribution in [1.82, 2.24) is 9.21 Å². The molecule has 0 heterocycles. The molecule has 0 fully saturated rings. The van der Waals surface area contributed by atoms with Crippen molar-refractivity contribution in [1.29, 1.82) is 0 Å². The maximum Gasteiger partial charge on any atom is 0.223 e. The summed E-state index contributed by atoms with van der Waals surface area (Å²) >= 11 is 0. The largest absolute Gasteiger partial charge is 0.343 e. The number of nitrogens with zero attached hydrogens (tertiary/aromatic N) is 2. The molecule has 1 amide bonds. The summed E-state index contributed by atoms with van der Waals surface area (Å²) in [6.45, 7) is 6.04. The van der Waals surface area contributed by atoms with Gasteiger partial charge in [0.25, 0.3) is 0 Å². The standard InChI is InChI=1S/C17H28N2O3S/c1-4-12-18(13-5-2)17(20)11-14-19(23(3,21)22)15-16-9-7-6-8-10-16/h6-10H,4-5,11-15H2,1-3H3. The minimum absolute atomic E-state index is 0.0235. The van der Waals surface area contributed by atoms with Crippen molar-refractivity contribution < 1.29 is 13.2 Å². The smallest absolute Gasteiger partial charge is 0.223 e. The molecule has 0 spiro atoms. The van der Waals surface area contributed by atoms with E-state index in [0.717, 1.165) is 31.5 Å². The van der Waals surface area contributed by atoms with E-state index in [1.807, 2.05) is 49.1 Å². The Morgan fingerprint density at radius 1 is 1.00 bits per heavy atom. The lowest BCUT2D eigenvalue weighted by Gasteiger charge is -2.24. The lowest BCUT2D eigenvalue weighted by atomic mass is 10.2. The summed E-state index contributed by atoms with van der Waals surface area (Å²) in [5, 5.41) is 0. The van der Waals surface area contributed by atoms with Crippen molar-refractivity contribution in [3.8, 4) is 0 Å². The molecule has 0 aromatic heterocycles. The monoisotopic (exact) mass is 340 g/mol. The molecule has 1 aromatic carbocycles. The number of hydrogen-bond donors (Lipinski definition) is 0. The van der Waals surface area contributed by atoms with Gasteiger partial charge in [-0.15, -0.1) is 0 Å². The first-order valence-electron chi connectivity index (χ1n) is 8.15. The first kappa shape index (κ1) is 19.6. The van der Waals surface area contributed by atoms with Gasteiger partial charge in [-0.2, -0.15) is 4.31 Å². The predicted molar refractivity (Wildman–Crippen MR) is 93.5 cm³/mol. The molecule has 0 saturated heterocycles. The van der Waals surface area contributed by atoms with Crippen molar-refractivity contribution in [3.63, 3.8) is 0 Å². The molecule has 1 rings (SSSR count). The predicted octanol–water partition coefficient (Wildman–Crippen LogP) is 2.49. The average molecular weight is 340 g/mol. The summed E-state index contributed by atoms with van der Waals surface area (Å²) in [6.07, 6.45) is 3.23. The van der Waals surface area contributed by atoms with Crippen LogP contribution in [0.25, 0.3) is 0 Å². The minimum atomic E-state index is -3.35. The molecule has 0 bridgehead atoms. The summed E-state index contributed by atoms with van der Waals surface area (Å²) < 4.78 is 25.3. The van der Waals surface area contributed by atoms with Gasteiger partial charge in [-0.3, -0.25) is 4.79 Å². The average Bonchev–Trinajstić information content (AvgIpc) is 2.50. The second-order valence-electron chi connectivity index (χ2n) is 5.71. The van der Waals surface area contributed by atoms with E-state index in [2.05, 4.69) is 0 Å². The highest BCUT2D eigenvalue weighted by atomic mass is 32.2. The maximum absolute atomic E-state index is 12.3. The molecule has 0 aliphatic heterocycles. The zero-order chi connectivity index (χ0) is 17.3. The molecule has 6 heteroatoms. The highest BCUT2D eigenvalue weighted by Gasteiger charge is 2.20. The quantitative estimate of drug-likeness (QED) is 0.657. The number of rotatable bonds is 10. The third-order valence-corrected chi connectivity index (χ3v) is 4.84. The Hall–Kier alpha value is -1.40. The Kier molecular flexibility index (Phi) is 8.26. The SMILES string of the molecule is CCCN(CCC)C(=O)CCN(Cc1ccccc1)S(C)(=O)=O. The van der Waals surface area contributed by atoms with Crippen LogP contribution in [-0.4, -0.2) is 49.4 Å². The molecule has 5 nitrogen and oxygen atoms in total. The van der Waals surface area contributed by atoms with Crippen molar-refractivity contribution in [2.75, 3.05) is 25.9 Å². The molecule has 0 atom stereocenters. The van der Waals surface area contributed by atoms with E-state index in [0.29, 0.717) is 6.54 Å². The second-order valence-corrected chi connectivity index (χ2v) is 7.70. The van der Waals surface area contributed by atoms with Gasteiger partial charge < -0.3 is 4.90 Å². The number of amides is 1. The highest BCUT2D eigenvalue weighted by Crippen LogP contribution is 2.10. The molecule has 0 aliphatic carbocycles. The fourth-order valence-electron chi connectivity index (χ4n) is 2.43. The second kappa shape index (κ2) is 9.67. The summed E-state index contributed by atoms with van der Waals surface area (Å²) in [7, 11) is -3.35. The molecule has 130 valence electrons. The number of carbonyl (C=O) groups excluding carboxylic acids is 1. The zero-order valence-electron chi connectivity index (χ0n) is 14.4. The van der Waals surface area contributed by atoms with Gasteiger partial charge in [0, 0.05) is 32.6 Å². The first-order chi connectivity index (χ1) is 10.9. The van der Waals surface area contributed by atoms with Gasteiger partial charge in [-0.25, -0.2) is 8.42 Å². The molecule has 0 radical (unpaired) electrons. The molecular weight excluding hydrogens is 312 g/mol. The van der Waals surface area contributed by atoms with Crippen LogP contribution in [0, 0.1) is 0 Å². The normalized spacial score (nSPS) is 11.7. The summed E-state index contributed by atoms with van der Waals surface area (Å²) in [6, 6.07) is 9.43. The van der Waals surface area contributed by atoms with Gasteiger partial charge in [0.15, 0.2) is 0 Å². The minimum Gasteiger partial charge on any atom is -0.343 e. The van der Waals surface area contributed by atoms with Crippen molar-refractivity contribution >= 4 is 15.9 Å². The van der Waals surface area contributed by atoms with E-state index < -0.39 is 10.0 Å². The van der Waals surface area contributed by atoms with Crippen LogP contribution < -0.4 is 0 Å². The van der Waals surface area contributed by atoms with Gasteiger partial charge >= 0.3 is 0 Å². The molecular formula is C17H28N2O3S. The summed E-state index contributed by atoms with van der Waals surface area (Å²) in [4.78, 5) is 14.1. The van der Waals surface area contributed by atoms with Gasteiger partial charge in [-0.05, 0) is 18.4 Å². The number of carbonyl (C=O) groups is 1. The van der Waals surface area contributed by atoms with E-state index in [4.69, 9.17) is 0 Å². The van der Waals surface area contributed by atoms with Crippen LogP contribution in [-0.2, 0) is 21.4 Å². The Balaban J connectivity index is 2.69. The van der Waals surface area contributed by atoms with Crippen LogP contribution >= 0.6 is 0 Å². The molecule has 0 N–H and O–H groups in total. The Morgan fingerprint density at radius 3 is 2.04 bits per heavy atom. The van der Waals surface area contributed by atoms with Crippen LogP contribution in [0.4, 0.5) is 0 Å². The molecule has 0 unspecified atom stereocenters. The topological polar surface area (TPSA) is 57.7 Å². The summed E-state index contributed by atoms with van der Waals surface area (Å²) in [5.41, 5.74) is 0.921. The molecule has 0 saturated carbocycles. The van der Waals surface area contributed by atoms with Crippen molar-refractivity contribution in [3.05, 3.63) is 35.9 Å². The van der Waals surface area contributed by atoms with Gasteiger partial charge in [0.2, 0.25) is 15.9 Å². The fraction of sp³-hybridized carbons (Fsp3) is 0.588. The Bertz CT molecular complexity index is 567. The van der Waals surface area contributed by atoms with Crippen LogP contribution in [0.15, 0.2) is 30.3 Å². The number of hydrogen-bond acceptors (Lipinski definition) is 3. The highest BCUT2D eigenvalue weighted by molar-refractivity contribution is 7.88. The van der Waals surface area contributed by atoms with Crippen molar-refractivity contribution in [2.24, 2.45) is 0 Å². The first-order valence-corrected chi connectivity index (χ1v) is 10.00. The van der Waals surface area contributed by atoms with E-state index in [-0.39, 0.29) is 18.9 Å². The maximum atomic E-state index is 12.3. The van der Waals surface area contributed by atoms with Crippen LogP contribution in [0.1, 0.15) is 38.7 Å². The lowest BCUT2D eigenvalue weighted by Crippen LogP contribution is -2.37. The van der Waals surface area contributed by atoms with Crippen LogP contribution in [0.3, 0.4) is 0 Å². The molecule has 0 aliphatic rings. The third-order valence-electron chi connectivity index (χ3n) is 3.59. The zero-order valence-corrected chi connectivity index (χ0v) is 15.2. The van der Waals surface area contributed by atoms with Gasteiger partial charge in [0.05, 0.1) is 6.26 Å². The van der Waals surface area contributed by atoms with E-state index >= 15 is 0 Å². The van der Waals surface area contributed by atoms with Crippen LogP contribution in [0.2, 0.25) is 0 Å².